The van der Waals surface area contributed by atoms with Crippen LogP contribution in [0.25, 0.3) is 11.4 Å². The summed E-state index contributed by atoms with van der Waals surface area (Å²) in [5.41, 5.74) is 1.41. The molecule has 0 saturated heterocycles. The maximum Gasteiger partial charge on any atom is 0.224 e. The van der Waals surface area contributed by atoms with E-state index in [-0.39, 0.29) is 11.9 Å². The van der Waals surface area contributed by atoms with Gasteiger partial charge in [0.2, 0.25) is 5.91 Å². The number of imidazole rings is 1. The molecule has 0 unspecified atom stereocenters. The summed E-state index contributed by atoms with van der Waals surface area (Å²) in [6.07, 6.45) is 5.74. The normalized spacial score (nSPS) is 12.1. The number of nitrogens with zero attached hydrogens (tertiary/aromatic N) is 5. The molecule has 0 N–H and O–H groups in total. The van der Waals surface area contributed by atoms with Crippen LogP contribution in [-0.4, -0.2) is 37.5 Å². The van der Waals surface area contributed by atoms with Crippen molar-refractivity contribution in [3.8, 4) is 11.4 Å². The van der Waals surface area contributed by atoms with Crippen molar-refractivity contribution < 1.29 is 9.32 Å². The van der Waals surface area contributed by atoms with Gasteiger partial charge in [0.25, 0.3) is 0 Å². The van der Waals surface area contributed by atoms with Crippen LogP contribution in [0.1, 0.15) is 31.0 Å². The zero-order valence-electron chi connectivity index (χ0n) is 14.6. The van der Waals surface area contributed by atoms with Crippen LogP contribution in [0.2, 0.25) is 0 Å². The van der Waals surface area contributed by atoms with Gasteiger partial charge in [0.05, 0.1) is 12.2 Å². The molecule has 7 heteroatoms. The Bertz CT molecular complexity index is 840. The molecule has 0 aliphatic rings. The van der Waals surface area contributed by atoms with Gasteiger partial charge in [-0.3, -0.25) is 9.78 Å². The molecule has 0 fully saturated rings. The van der Waals surface area contributed by atoms with Crippen molar-refractivity contribution in [2.75, 3.05) is 7.05 Å². The van der Waals surface area contributed by atoms with Crippen LogP contribution in [0.4, 0.5) is 0 Å². The molecule has 3 rings (SSSR count). The van der Waals surface area contributed by atoms with Gasteiger partial charge in [-0.05, 0) is 26.0 Å². The molecule has 7 nitrogen and oxygen atoms in total. The van der Waals surface area contributed by atoms with Gasteiger partial charge in [0.1, 0.15) is 11.5 Å². The van der Waals surface area contributed by atoms with Gasteiger partial charge >= 0.3 is 0 Å². The van der Waals surface area contributed by atoms with Crippen LogP contribution in [-0.2, 0) is 11.3 Å². The summed E-state index contributed by atoms with van der Waals surface area (Å²) in [5.74, 6) is 1.57. The van der Waals surface area contributed by atoms with Crippen molar-refractivity contribution in [1.82, 2.24) is 24.6 Å². The maximum absolute atomic E-state index is 12.5. The molecule has 3 aromatic heterocycles. The van der Waals surface area contributed by atoms with Crippen molar-refractivity contribution in [1.29, 1.82) is 0 Å². The molecule has 1 amide bonds. The quantitative estimate of drug-likeness (QED) is 0.690. The van der Waals surface area contributed by atoms with E-state index in [1.165, 1.54) is 0 Å². The Kier molecular flexibility index (Phi) is 4.92. The Morgan fingerprint density at radius 3 is 2.80 bits per heavy atom. The molecular formula is C18H21N5O2. The molecule has 0 aromatic carbocycles. The molecular weight excluding hydrogens is 318 g/mol. The number of pyridine rings is 1. The number of carbonyl (C=O) groups is 1. The van der Waals surface area contributed by atoms with Crippen molar-refractivity contribution in [3.63, 3.8) is 0 Å². The third-order valence-electron chi connectivity index (χ3n) is 4.11. The highest BCUT2D eigenvalue weighted by Crippen LogP contribution is 2.18. The first-order valence-electron chi connectivity index (χ1n) is 8.15. The molecule has 3 aromatic rings. The molecule has 0 saturated carbocycles. The zero-order chi connectivity index (χ0) is 17.8. The average molecular weight is 339 g/mol. The van der Waals surface area contributed by atoms with Crippen molar-refractivity contribution in [3.05, 3.63) is 54.4 Å². The molecule has 0 radical (unpaired) electrons. The van der Waals surface area contributed by atoms with E-state index in [9.17, 15) is 4.79 Å². The van der Waals surface area contributed by atoms with E-state index in [0.717, 1.165) is 11.5 Å². The predicted molar refractivity (Wildman–Crippen MR) is 92.5 cm³/mol. The number of aromatic nitrogens is 4. The van der Waals surface area contributed by atoms with Gasteiger partial charge in [0, 0.05) is 44.2 Å². The zero-order valence-corrected chi connectivity index (χ0v) is 14.6. The Morgan fingerprint density at radius 2 is 2.12 bits per heavy atom. The van der Waals surface area contributed by atoms with Crippen LogP contribution >= 0.6 is 0 Å². The lowest BCUT2D eigenvalue weighted by Gasteiger charge is -2.20. The molecule has 130 valence electrons. The van der Waals surface area contributed by atoms with Gasteiger partial charge in [-0.25, -0.2) is 4.98 Å². The van der Waals surface area contributed by atoms with E-state index in [4.69, 9.17) is 4.52 Å². The van der Waals surface area contributed by atoms with Crippen molar-refractivity contribution >= 4 is 5.91 Å². The minimum absolute atomic E-state index is 0.0383. The SMILES string of the molecule is Cc1nccn1[C@@H](C)CC(=O)N(C)Cc1cc(-c2ccccn2)no1. The number of rotatable bonds is 6. The van der Waals surface area contributed by atoms with Gasteiger partial charge in [-0.2, -0.15) is 0 Å². The monoisotopic (exact) mass is 339 g/mol. The number of hydrogen-bond acceptors (Lipinski definition) is 5. The number of carbonyl (C=O) groups excluding carboxylic acids is 1. The molecule has 0 spiro atoms. The molecule has 0 bridgehead atoms. The second-order valence-corrected chi connectivity index (χ2v) is 6.08. The predicted octanol–water partition coefficient (Wildman–Crippen LogP) is 2.85. The molecule has 1 atom stereocenters. The van der Waals surface area contributed by atoms with Gasteiger partial charge in [-0.15, -0.1) is 0 Å². The highest BCUT2D eigenvalue weighted by molar-refractivity contribution is 5.76. The Hall–Kier alpha value is -2.96. The standard InChI is InChI=1S/C18H21N5O2/c1-13(23-9-8-19-14(23)2)10-18(24)22(3)12-15-11-17(21-25-15)16-6-4-5-7-20-16/h4-9,11,13H,10,12H2,1-3H3/t13-/m0/s1. The second kappa shape index (κ2) is 7.29. The first kappa shape index (κ1) is 16.9. The first-order valence-corrected chi connectivity index (χ1v) is 8.15. The van der Waals surface area contributed by atoms with Crippen LogP contribution in [0.5, 0.6) is 0 Å². The lowest BCUT2D eigenvalue weighted by atomic mass is 10.2. The maximum atomic E-state index is 12.5. The Morgan fingerprint density at radius 1 is 1.28 bits per heavy atom. The fourth-order valence-corrected chi connectivity index (χ4v) is 2.70. The highest BCUT2D eigenvalue weighted by atomic mass is 16.5. The minimum Gasteiger partial charge on any atom is -0.359 e. The summed E-state index contributed by atoms with van der Waals surface area (Å²) in [7, 11) is 1.76. The number of amides is 1. The van der Waals surface area contributed by atoms with Gasteiger partial charge in [-0.1, -0.05) is 11.2 Å². The van der Waals surface area contributed by atoms with E-state index in [1.807, 2.05) is 48.9 Å². The smallest absolute Gasteiger partial charge is 0.224 e. The van der Waals surface area contributed by atoms with E-state index >= 15 is 0 Å². The van der Waals surface area contributed by atoms with E-state index in [2.05, 4.69) is 15.1 Å². The summed E-state index contributed by atoms with van der Waals surface area (Å²) >= 11 is 0. The first-order chi connectivity index (χ1) is 12.0. The fraction of sp³-hybridized carbons (Fsp3) is 0.333. The Labute approximate surface area is 146 Å². The fourth-order valence-electron chi connectivity index (χ4n) is 2.70. The average Bonchev–Trinajstić information content (AvgIpc) is 3.24. The lowest BCUT2D eigenvalue weighted by molar-refractivity contribution is -0.131. The van der Waals surface area contributed by atoms with Gasteiger partial charge in [0.15, 0.2) is 5.76 Å². The van der Waals surface area contributed by atoms with Crippen molar-refractivity contribution in [2.45, 2.75) is 32.9 Å². The third kappa shape index (κ3) is 3.93. The van der Waals surface area contributed by atoms with E-state index in [1.54, 1.807) is 24.3 Å². The van der Waals surface area contributed by atoms with Crippen LogP contribution in [0, 0.1) is 6.92 Å². The van der Waals surface area contributed by atoms with E-state index < -0.39 is 0 Å². The Balaban J connectivity index is 1.60. The summed E-state index contributed by atoms with van der Waals surface area (Å²) in [5, 5.41) is 4.02. The summed E-state index contributed by atoms with van der Waals surface area (Å²) in [6.45, 7) is 4.31. The van der Waals surface area contributed by atoms with Gasteiger partial charge < -0.3 is 14.0 Å². The number of hydrogen-bond donors (Lipinski definition) is 0. The summed E-state index contributed by atoms with van der Waals surface area (Å²) in [6, 6.07) is 7.48. The largest absolute Gasteiger partial charge is 0.359 e. The summed E-state index contributed by atoms with van der Waals surface area (Å²) in [4.78, 5) is 22.5. The van der Waals surface area contributed by atoms with E-state index in [0.29, 0.717) is 24.4 Å². The molecule has 3 heterocycles. The molecule has 0 aliphatic carbocycles. The van der Waals surface area contributed by atoms with Crippen molar-refractivity contribution in [2.24, 2.45) is 0 Å². The lowest BCUT2D eigenvalue weighted by Crippen LogP contribution is -2.28. The van der Waals surface area contributed by atoms with Crippen LogP contribution in [0.15, 0.2) is 47.4 Å². The van der Waals surface area contributed by atoms with Crippen LogP contribution in [0.3, 0.4) is 0 Å². The molecule has 0 aliphatic heterocycles. The topological polar surface area (TPSA) is 77.1 Å². The number of aryl methyl sites for hydroxylation is 1. The third-order valence-corrected chi connectivity index (χ3v) is 4.11. The minimum atomic E-state index is 0.0383. The summed E-state index contributed by atoms with van der Waals surface area (Å²) < 4.78 is 7.34. The highest BCUT2D eigenvalue weighted by Gasteiger charge is 2.17. The molecule has 25 heavy (non-hydrogen) atoms. The second-order valence-electron chi connectivity index (χ2n) is 6.08. The van der Waals surface area contributed by atoms with Crippen LogP contribution < -0.4 is 0 Å².